The molecule has 1 N–H and O–H groups in total. The summed E-state index contributed by atoms with van der Waals surface area (Å²) in [6, 6.07) is 12.9. The van der Waals surface area contributed by atoms with Gasteiger partial charge in [-0.2, -0.15) is 0 Å². The van der Waals surface area contributed by atoms with Gasteiger partial charge < -0.3 is 9.84 Å². The number of fused-ring (bicyclic) bond motifs is 2. The molecule has 1 saturated heterocycles. The topological polar surface area (TPSA) is 32.8 Å². The minimum atomic E-state index is -0.677. The molecule has 2 aromatic rings. The predicted molar refractivity (Wildman–Crippen MR) is 77.7 cm³/mol. The van der Waals surface area contributed by atoms with E-state index in [2.05, 4.69) is 12.1 Å². The van der Waals surface area contributed by atoms with Crippen LogP contribution in [0.3, 0.4) is 0 Å². The maximum Gasteiger partial charge on any atom is 0.123 e. The Bertz CT molecular complexity index is 679. The van der Waals surface area contributed by atoms with Crippen LogP contribution in [0.5, 0.6) is 0 Å². The number of hydrogen-bond donors (Lipinski definition) is 1. The summed E-state index contributed by atoms with van der Waals surface area (Å²) < 4.78 is 18.9. The molecule has 0 saturated carbocycles. The highest BCUT2D eigenvalue weighted by Crippen LogP contribution is 2.43. The lowest BCUT2D eigenvalue weighted by atomic mass is 9.85. The lowest BCUT2D eigenvalue weighted by Gasteiger charge is -2.23. The lowest BCUT2D eigenvalue weighted by molar-refractivity contribution is 0.135. The molecular formula is C18H17FO2. The van der Waals surface area contributed by atoms with Crippen molar-refractivity contribution in [3.05, 3.63) is 70.5 Å². The summed E-state index contributed by atoms with van der Waals surface area (Å²) in [6.07, 6.45) is 1.08. The van der Waals surface area contributed by atoms with Crippen molar-refractivity contribution in [2.75, 3.05) is 6.61 Å². The standard InChI is InChI=1S/C18H17FO2/c19-13-6-5-12-7-11-3-1-2-4-15(11)17(9-14-10-21-14)18(20)16(12)8-13/h1-6,8,14,17-18,20H,7,9-10H2/t14-,17+,18-/m0/s1. The molecule has 1 aliphatic carbocycles. The molecule has 1 aliphatic heterocycles. The minimum absolute atomic E-state index is 0.0308. The SMILES string of the molecule is O[C@H]1c2cc(F)ccc2Cc2ccccc2[C@H]1C[C@H]1CO1. The molecule has 0 spiro atoms. The summed E-state index contributed by atoms with van der Waals surface area (Å²) in [4.78, 5) is 0. The van der Waals surface area contributed by atoms with E-state index in [1.807, 2.05) is 12.1 Å². The van der Waals surface area contributed by atoms with Crippen LogP contribution >= 0.6 is 0 Å². The highest BCUT2D eigenvalue weighted by Gasteiger charge is 2.35. The van der Waals surface area contributed by atoms with Crippen LogP contribution < -0.4 is 0 Å². The van der Waals surface area contributed by atoms with Gasteiger partial charge >= 0.3 is 0 Å². The van der Waals surface area contributed by atoms with Crippen molar-refractivity contribution in [3.8, 4) is 0 Å². The predicted octanol–water partition coefficient (Wildman–Crippen LogP) is 3.34. The summed E-state index contributed by atoms with van der Waals surface area (Å²) >= 11 is 0. The molecule has 21 heavy (non-hydrogen) atoms. The van der Waals surface area contributed by atoms with E-state index in [-0.39, 0.29) is 17.8 Å². The first-order valence-corrected chi connectivity index (χ1v) is 7.38. The van der Waals surface area contributed by atoms with Crippen molar-refractivity contribution in [1.29, 1.82) is 0 Å². The van der Waals surface area contributed by atoms with E-state index < -0.39 is 6.10 Å². The van der Waals surface area contributed by atoms with Gasteiger partial charge in [0, 0.05) is 5.92 Å². The van der Waals surface area contributed by atoms with Gasteiger partial charge in [0.25, 0.3) is 0 Å². The first kappa shape index (κ1) is 13.0. The summed E-state index contributed by atoms with van der Waals surface area (Å²) in [5.41, 5.74) is 4.11. The first-order chi connectivity index (χ1) is 10.2. The van der Waals surface area contributed by atoms with Gasteiger partial charge in [0.15, 0.2) is 0 Å². The molecule has 108 valence electrons. The Kier molecular flexibility index (Phi) is 3.05. The van der Waals surface area contributed by atoms with Crippen molar-refractivity contribution in [2.24, 2.45) is 0 Å². The van der Waals surface area contributed by atoms with Crippen LogP contribution in [0, 0.1) is 5.82 Å². The largest absolute Gasteiger partial charge is 0.388 e. The average molecular weight is 284 g/mol. The van der Waals surface area contributed by atoms with Gasteiger partial charge in [0.1, 0.15) is 5.82 Å². The minimum Gasteiger partial charge on any atom is -0.388 e. The van der Waals surface area contributed by atoms with Crippen molar-refractivity contribution in [2.45, 2.75) is 31.0 Å². The molecule has 0 radical (unpaired) electrons. The molecule has 4 rings (SSSR count). The van der Waals surface area contributed by atoms with Gasteiger partial charge in [0.2, 0.25) is 0 Å². The van der Waals surface area contributed by atoms with E-state index in [0.29, 0.717) is 0 Å². The normalized spacial score (nSPS) is 26.7. The summed E-state index contributed by atoms with van der Waals surface area (Å²) in [6.45, 7) is 0.765. The van der Waals surface area contributed by atoms with Crippen molar-refractivity contribution < 1.29 is 14.2 Å². The Hall–Kier alpha value is -1.71. The highest BCUT2D eigenvalue weighted by molar-refractivity contribution is 5.44. The van der Waals surface area contributed by atoms with E-state index in [1.54, 1.807) is 6.07 Å². The zero-order valence-corrected chi connectivity index (χ0v) is 11.6. The van der Waals surface area contributed by atoms with Crippen LogP contribution in [0.1, 0.15) is 40.7 Å². The number of aliphatic hydroxyl groups is 1. The molecule has 2 nitrogen and oxygen atoms in total. The van der Waals surface area contributed by atoms with E-state index in [4.69, 9.17) is 4.74 Å². The van der Waals surface area contributed by atoms with Gasteiger partial charge in [-0.3, -0.25) is 0 Å². The van der Waals surface area contributed by atoms with E-state index >= 15 is 0 Å². The third kappa shape index (κ3) is 2.37. The lowest BCUT2D eigenvalue weighted by Crippen LogP contribution is -2.13. The van der Waals surface area contributed by atoms with Crippen LogP contribution in [0.15, 0.2) is 42.5 Å². The van der Waals surface area contributed by atoms with Crippen molar-refractivity contribution in [1.82, 2.24) is 0 Å². The van der Waals surface area contributed by atoms with Crippen LogP contribution in [0.25, 0.3) is 0 Å². The zero-order valence-electron chi connectivity index (χ0n) is 11.6. The van der Waals surface area contributed by atoms with Crippen LogP contribution in [-0.4, -0.2) is 17.8 Å². The van der Waals surface area contributed by atoms with Gasteiger partial charge in [-0.25, -0.2) is 4.39 Å². The fourth-order valence-corrected chi connectivity index (χ4v) is 3.39. The molecule has 3 atom stereocenters. The molecular weight excluding hydrogens is 267 g/mol. The van der Waals surface area contributed by atoms with Gasteiger partial charge in [-0.05, 0) is 47.2 Å². The molecule has 0 bridgehead atoms. The molecule has 1 fully saturated rings. The summed E-state index contributed by atoms with van der Waals surface area (Å²) in [7, 11) is 0. The molecule has 0 aromatic heterocycles. The monoisotopic (exact) mass is 284 g/mol. The first-order valence-electron chi connectivity index (χ1n) is 7.38. The maximum atomic E-state index is 13.6. The number of halogens is 1. The zero-order chi connectivity index (χ0) is 14.4. The average Bonchev–Trinajstić information content (AvgIpc) is 3.31. The third-order valence-electron chi connectivity index (χ3n) is 4.56. The van der Waals surface area contributed by atoms with Gasteiger partial charge in [-0.1, -0.05) is 30.3 Å². The molecule has 3 heteroatoms. The highest BCUT2D eigenvalue weighted by atomic mass is 19.1. The number of epoxide rings is 1. The molecule has 2 aliphatic rings. The van der Waals surface area contributed by atoms with E-state index in [1.165, 1.54) is 17.7 Å². The number of ether oxygens (including phenoxy) is 1. The van der Waals surface area contributed by atoms with Crippen LogP contribution in [-0.2, 0) is 11.2 Å². The Morgan fingerprint density at radius 2 is 1.86 bits per heavy atom. The van der Waals surface area contributed by atoms with Crippen LogP contribution in [0.2, 0.25) is 0 Å². The van der Waals surface area contributed by atoms with Crippen molar-refractivity contribution in [3.63, 3.8) is 0 Å². The fourth-order valence-electron chi connectivity index (χ4n) is 3.39. The Balaban J connectivity index is 1.84. The maximum absolute atomic E-state index is 13.6. The molecule has 0 unspecified atom stereocenters. The molecule has 0 amide bonds. The summed E-state index contributed by atoms with van der Waals surface area (Å²) in [5, 5.41) is 10.8. The van der Waals surface area contributed by atoms with E-state index in [0.717, 1.165) is 36.1 Å². The Morgan fingerprint density at radius 3 is 2.67 bits per heavy atom. The fraction of sp³-hybridized carbons (Fsp3) is 0.333. The Morgan fingerprint density at radius 1 is 1.10 bits per heavy atom. The van der Waals surface area contributed by atoms with Crippen LogP contribution in [0.4, 0.5) is 4.39 Å². The van der Waals surface area contributed by atoms with Gasteiger partial charge in [0.05, 0.1) is 18.8 Å². The number of rotatable bonds is 2. The van der Waals surface area contributed by atoms with Crippen molar-refractivity contribution >= 4 is 0 Å². The number of benzene rings is 2. The number of hydrogen-bond acceptors (Lipinski definition) is 2. The molecule has 1 heterocycles. The Labute approximate surface area is 123 Å². The van der Waals surface area contributed by atoms with Gasteiger partial charge in [-0.15, -0.1) is 0 Å². The quantitative estimate of drug-likeness (QED) is 0.858. The number of aliphatic hydroxyl groups excluding tert-OH is 1. The van der Waals surface area contributed by atoms with E-state index in [9.17, 15) is 9.50 Å². The second-order valence-electron chi connectivity index (χ2n) is 5.96. The molecule has 2 aromatic carbocycles. The third-order valence-corrected chi connectivity index (χ3v) is 4.56. The summed E-state index contributed by atoms with van der Waals surface area (Å²) in [5.74, 6) is -0.322. The second-order valence-corrected chi connectivity index (χ2v) is 5.96. The second kappa shape index (κ2) is 4.93. The smallest absolute Gasteiger partial charge is 0.123 e.